The summed E-state index contributed by atoms with van der Waals surface area (Å²) >= 11 is 0. The molecule has 0 radical (unpaired) electrons. The largest absolute Gasteiger partial charge is 0.504 e. The van der Waals surface area contributed by atoms with Crippen molar-refractivity contribution in [3.8, 4) is 5.75 Å². The van der Waals surface area contributed by atoms with Crippen LogP contribution in [0.5, 0.6) is 5.75 Å². The number of aromatic nitrogens is 1. The molecule has 0 fully saturated rings. The van der Waals surface area contributed by atoms with Crippen molar-refractivity contribution in [2.24, 2.45) is 0 Å². The third-order valence-corrected chi connectivity index (χ3v) is 7.94. The van der Waals surface area contributed by atoms with E-state index in [-0.39, 0.29) is 15.8 Å². The van der Waals surface area contributed by atoms with E-state index in [2.05, 4.69) is 14.4 Å². The Morgan fingerprint density at radius 2 is 1.24 bits per heavy atom. The molecule has 1 aromatic heterocycles. The molecule has 0 atom stereocenters. The minimum atomic E-state index is -4.35. The first-order valence-corrected chi connectivity index (χ1v) is 12.8. The average molecular weight is 484 g/mol. The molecule has 4 aromatic rings. The maximum atomic E-state index is 13.3. The van der Waals surface area contributed by atoms with Crippen LogP contribution >= 0.6 is 0 Å². The number of hydrogen-bond donors (Lipinski definition) is 3. The topological polar surface area (TPSA) is 125 Å². The minimum Gasteiger partial charge on any atom is -0.504 e. The van der Waals surface area contributed by atoms with Gasteiger partial charge in [-0.1, -0.05) is 36.4 Å². The second-order valence-corrected chi connectivity index (χ2v) is 10.8. The van der Waals surface area contributed by atoms with E-state index in [4.69, 9.17) is 0 Å². The molecule has 0 saturated heterocycles. The van der Waals surface area contributed by atoms with Gasteiger partial charge >= 0.3 is 0 Å². The first-order chi connectivity index (χ1) is 15.6. The Morgan fingerprint density at radius 3 is 1.79 bits per heavy atom. The second-order valence-electron chi connectivity index (χ2n) is 7.46. The van der Waals surface area contributed by atoms with Crippen molar-refractivity contribution in [1.82, 2.24) is 4.98 Å². The molecule has 0 spiro atoms. The Hall–Kier alpha value is -3.63. The smallest absolute Gasteiger partial charge is 0.265 e. The number of fused-ring (bicyclic) bond motifs is 1. The van der Waals surface area contributed by atoms with Crippen LogP contribution in [0, 0.1) is 13.8 Å². The molecular formula is C23H21N3O5S2. The fourth-order valence-electron chi connectivity index (χ4n) is 3.38. The highest BCUT2D eigenvalue weighted by molar-refractivity contribution is 7.93. The van der Waals surface area contributed by atoms with Crippen molar-refractivity contribution in [3.05, 3.63) is 84.1 Å². The Kier molecular flexibility index (Phi) is 5.73. The van der Waals surface area contributed by atoms with Crippen molar-refractivity contribution in [3.63, 3.8) is 0 Å². The first kappa shape index (κ1) is 22.6. The molecule has 0 aliphatic rings. The van der Waals surface area contributed by atoms with E-state index in [1.807, 2.05) is 0 Å². The summed E-state index contributed by atoms with van der Waals surface area (Å²) in [6.07, 6.45) is 1.35. The molecule has 0 bridgehead atoms. The number of hydrogen-bond acceptors (Lipinski definition) is 6. The highest BCUT2D eigenvalue weighted by Gasteiger charge is 2.28. The zero-order chi connectivity index (χ0) is 23.8. The van der Waals surface area contributed by atoms with Gasteiger partial charge in [-0.3, -0.25) is 14.4 Å². The maximum absolute atomic E-state index is 13.3. The number of aryl methyl sites for hydroxylation is 2. The lowest BCUT2D eigenvalue weighted by atomic mass is 10.2. The Bertz CT molecular complexity index is 1580. The maximum Gasteiger partial charge on any atom is 0.265 e. The summed E-state index contributed by atoms with van der Waals surface area (Å²) in [7, 11) is -8.59. The predicted octanol–water partition coefficient (Wildman–Crippen LogP) is 4.16. The molecule has 10 heteroatoms. The number of benzene rings is 3. The van der Waals surface area contributed by atoms with Crippen LogP contribution in [0.4, 0.5) is 11.4 Å². The van der Waals surface area contributed by atoms with Gasteiger partial charge in [0.2, 0.25) is 0 Å². The monoisotopic (exact) mass is 483 g/mol. The second kappa shape index (κ2) is 8.38. The van der Waals surface area contributed by atoms with Crippen LogP contribution in [-0.4, -0.2) is 26.9 Å². The SMILES string of the molecule is Cc1ccccc1NS(=O)(=O)c1cc(S(=O)(=O)Nc2ccccc2C)c2cccnc2c1O. The number of rotatable bonds is 6. The molecule has 0 aliphatic carbocycles. The summed E-state index contributed by atoms with van der Waals surface area (Å²) in [4.78, 5) is 3.13. The summed E-state index contributed by atoms with van der Waals surface area (Å²) in [5.41, 5.74) is 1.87. The molecule has 33 heavy (non-hydrogen) atoms. The van der Waals surface area contributed by atoms with Crippen molar-refractivity contribution in [1.29, 1.82) is 0 Å². The molecule has 1 heterocycles. The summed E-state index contributed by atoms with van der Waals surface area (Å²) in [5, 5.41) is 10.8. The Balaban J connectivity index is 1.91. The number of para-hydroxylation sites is 2. The fraction of sp³-hybridized carbons (Fsp3) is 0.0870. The zero-order valence-electron chi connectivity index (χ0n) is 17.8. The van der Waals surface area contributed by atoms with Crippen molar-refractivity contribution in [2.75, 3.05) is 9.44 Å². The molecule has 170 valence electrons. The number of nitrogens with zero attached hydrogens (tertiary/aromatic N) is 1. The third-order valence-electron chi connectivity index (χ3n) is 5.15. The molecule has 8 nitrogen and oxygen atoms in total. The van der Waals surface area contributed by atoms with Gasteiger partial charge in [0.1, 0.15) is 10.4 Å². The van der Waals surface area contributed by atoms with E-state index >= 15 is 0 Å². The number of phenols is 1. The molecule has 0 amide bonds. The van der Waals surface area contributed by atoms with Crippen LogP contribution in [0.2, 0.25) is 0 Å². The number of aromatic hydroxyl groups is 1. The Morgan fingerprint density at radius 1 is 0.727 bits per heavy atom. The van der Waals surface area contributed by atoms with Gasteiger partial charge in [0.25, 0.3) is 20.0 Å². The standard InChI is InChI=1S/C23H21N3O5S2/c1-15-8-3-5-11-18(15)25-32(28,29)20-14-21(23(27)22-17(20)10-7-13-24-22)33(30,31)26-19-12-6-4-9-16(19)2/h3-14,25-27H,1-2H3. The normalized spacial score (nSPS) is 11.9. The van der Waals surface area contributed by atoms with Crippen LogP contribution in [0.15, 0.2) is 82.7 Å². The zero-order valence-corrected chi connectivity index (χ0v) is 19.4. The van der Waals surface area contributed by atoms with E-state index in [1.54, 1.807) is 62.4 Å². The Labute approximate surface area is 192 Å². The van der Waals surface area contributed by atoms with Crippen LogP contribution in [0.25, 0.3) is 10.9 Å². The lowest BCUT2D eigenvalue weighted by molar-refractivity contribution is 0.463. The van der Waals surface area contributed by atoms with Gasteiger partial charge in [0, 0.05) is 11.6 Å². The van der Waals surface area contributed by atoms with Gasteiger partial charge < -0.3 is 5.11 Å². The molecule has 3 aromatic carbocycles. The quantitative estimate of drug-likeness (QED) is 0.378. The predicted molar refractivity (Wildman–Crippen MR) is 127 cm³/mol. The van der Waals surface area contributed by atoms with Gasteiger partial charge in [-0.15, -0.1) is 0 Å². The van der Waals surface area contributed by atoms with Crippen LogP contribution < -0.4 is 9.44 Å². The van der Waals surface area contributed by atoms with Gasteiger partial charge in [0.05, 0.1) is 16.3 Å². The number of sulfonamides is 2. The summed E-state index contributed by atoms with van der Waals surface area (Å²) in [6, 6.07) is 17.4. The fourth-order valence-corrected chi connectivity index (χ4v) is 6.06. The van der Waals surface area contributed by atoms with Crippen molar-refractivity contribution in [2.45, 2.75) is 23.6 Å². The third kappa shape index (κ3) is 4.35. The van der Waals surface area contributed by atoms with E-state index in [0.29, 0.717) is 22.5 Å². The number of anilines is 2. The first-order valence-electron chi connectivity index (χ1n) is 9.88. The van der Waals surface area contributed by atoms with Crippen molar-refractivity contribution >= 4 is 42.3 Å². The lowest BCUT2D eigenvalue weighted by Crippen LogP contribution is -2.18. The van der Waals surface area contributed by atoms with Crippen LogP contribution in [-0.2, 0) is 20.0 Å². The van der Waals surface area contributed by atoms with Gasteiger partial charge in [-0.05, 0) is 55.3 Å². The van der Waals surface area contributed by atoms with E-state index in [0.717, 1.165) is 6.07 Å². The van der Waals surface area contributed by atoms with Gasteiger partial charge in [0.15, 0.2) is 5.75 Å². The van der Waals surface area contributed by atoms with Gasteiger partial charge in [-0.25, -0.2) is 16.8 Å². The molecular weight excluding hydrogens is 462 g/mol. The molecule has 0 unspecified atom stereocenters. The summed E-state index contributed by atoms with van der Waals surface area (Å²) < 4.78 is 58.0. The number of nitrogens with one attached hydrogen (secondary N) is 2. The van der Waals surface area contributed by atoms with E-state index < -0.39 is 30.7 Å². The molecule has 3 N–H and O–H groups in total. The summed E-state index contributed by atoms with van der Waals surface area (Å²) in [6.45, 7) is 3.47. The number of phenolic OH excluding ortho intramolecular Hbond substituents is 1. The van der Waals surface area contributed by atoms with E-state index in [9.17, 15) is 21.9 Å². The summed E-state index contributed by atoms with van der Waals surface area (Å²) in [5.74, 6) is -0.637. The average Bonchev–Trinajstić information content (AvgIpc) is 2.77. The molecule has 0 saturated carbocycles. The highest BCUT2D eigenvalue weighted by Crippen LogP contribution is 2.37. The minimum absolute atomic E-state index is 0.0888. The van der Waals surface area contributed by atoms with Crippen LogP contribution in [0.3, 0.4) is 0 Å². The highest BCUT2D eigenvalue weighted by atomic mass is 32.2. The van der Waals surface area contributed by atoms with E-state index in [1.165, 1.54) is 18.3 Å². The number of pyridine rings is 1. The van der Waals surface area contributed by atoms with Gasteiger partial charge in [-0.2, -0.15) is 0 Å². The van der Waals surface area contributed by atoms with Crippen molar-refractivity contribution < 1.29 is 21.9 Å². The van der Waals surface area contributed by atoms with Crippen LogP contribution in [0.1, 0.15) is 11.1 Å². The molecule has 0 aliphatic heterocycles. The lowest BCUT2D eigenvalue weighted by Gasteiger charge is -2.16. The molecule has 4 rings (SSSR count).